The van der Waals surface area contributed by atoms with Gasteiger partial charge in [0.1, 0.15) is 0 Å². The van der Waals surface area contributed by atoms with Crippen molar-refractivity contribution in [2.24, 2.45) is 5.92 Å². The molecule has 1 fully saturated rings. The van der Waals surface area contributed by atoms with Crippen LogP contribution in [0, 0.1) is 5.92 Å². The summed E-state index contributed by atoms with van der Waals surface area (Å²) in [5.41, 5.74) is 1.93. The molecule has 0 saturated carbocycles. The second kappa shape index (κ2) is 11.8. The first-order valence-corrected chi connectivity index (χ1v) is 12.4. The number of ether oxygens (including phenoxy) is 2. The van der Waals surface area contributed by atoms with Crippen molar-refractivity contribution in [3.8, 4) is 22.9 Å². The molecule has 8 heteroatoms. The molecule has 186 valence electrons. The topological polar surface area (TPSA) is 89.7 Å². The summed E-state index contributed by atoms with van der Waals surface area (Å²) in [4.78, 5) is 19.7. The predicted octanol–water partition coefficient (Wildman–Crippen LogP) is 4.62. The maximum Gasteiger partial charge on any atom is 0.241 e. The largest absolute Gasteiger partial charge is 0.490 e. The maximum absolute atomic E-state index is 13.0. The molecule has 2 heterocycles. The maximum atomic E-state index is 13.0. The first-order valence-electron chi connectivity index (χ1n) is 12.4. The van der Waals surface area contributed by atoms with Crippen molar-refractivity contribution in [1.82, 2.24) is 20.4 Å². The number of carbonyl (C=O) groups excluding carboxylic acids is 1. The zero-order valence-corrected chi connectivity index (χ0v) is 20.7. The lowest BCUT2D eigenvalue weighted by atomic mass is 9.95. The Hall–Kier alpha value is -3.39. The van der Waals surface area contributed by atoms with Crippen LogP contribution in [-0.2, 0) is 11.3 Å². The number of aromatic nitrogens is 2. The van der Waals surface area contributed by atoms with Gasteiger partial charge in [0.25, 0.3) is 0 Å². The highest BCUT2D eigenvalue weighted by Gasteiger charge is 2.27. The molecular weight excluding hydrogens is 444 g/mol. The molecule has 8 nitrogen and oxygen atoms in total. The van der Waals surface area contributed by atoms with E-state index in [0.29, 0.717) is 37.2 Å². The van der Waals surface area contributed by atoms with Gasteiger partial charge in [-0.1, -0.05) is 41.6 Å². The summed E-state index contributed by atoms with van der Waals surface area (Å²) in [5.74, 6) is 2.71. The fourth-order valence-electron chi connectivity index (χ4n) is 4.32. The van der Waals surface area contributed by atoms with Crippen molar-refractivity contribution < 1.29 is 18.8 Å². The summed E-state index contributed by atoms with van der Waals surface area (Å²) in [6, 6.07) is 15.5. The van der Waals surface area contributed by atoms with Crippen LogP contribution in [0.1, 0.15) is 51.1 Å². The van der Waals surface area contributed by atoms with Crippen LogP contribution in [0.15, 0.2) is 53.1 Å². The zero-order chi connectivity index (χ0) is 24.6. The van der Waals surface area contributed by atoms with Gasteiger partial charge in [-0.3, -0.25) is 9.69 Å². The first kappa shape index (κ1) is 24.7. The third-order valence-corrected chi connectivity index (χ3v) is 6.24. The fourth-order valence-corrected chi connectivity index (χ4v) is 4.32. The second-order valence-corrected chi connectivity index (χ2v) is 8.73. The van der Waals surface area contributed by atoms with E-state index in [1.54, 1.807) is 0 Å². The molecule has 4 rings (SSSR count). The van der Waals surface area contributed by atoms with Crippen molar-refractivity contribution in [3.05, 3.63) is 60.0 Å². The van der Waals surface area contributed by atoms with E-state index >= 15 is 0 Å². The van der Waals surface area contributed by atoms with E-state index in [1.165, 1.54) is 0 Å². The Kier molecular flexibility index (Phi) is 8.36. The minimum Gasteiger partial charge on any atom is -0.490 e. The van der Waals surface area contributed by atoms with Crippen LogP contribution in [0.2, 0.25) is 0 Å². The Morgan fingerprint density at radius 3 is 2.51 bits per heavy atom. The van der Waals surface area contributed by atoms with Gasteiger partial charge in [-0.2, -0.15) is 4.98 Å². The lowest BCUT2D eigenvalue weighted by molar-refractivity contribution is -0.127. The molecule has 1 amide bonds. The predicted molar refractivity (Wildman–Crippen MR) is 133 cm³/mol. The summed E-state index contributed by atoms with van der Waals surface area (Å²) < 4.78 is 16.8. The fraction of sp³-hybridized carbons (Fsp3) is 0.444. The highest BCUT2D eigenvalue weighted by molar-refractivity contribution is 5.79. The van der Waals surface area contributed by atoms with Crippen LogP contribution < -0.4 is 14.8 Å². The molecule has 0 aliphatic carbocycles. The monoisotopic (exact) mass is 478 g/mol. The van der Waals surface area contributed by atoms with E-state index in [-0.39, 0.29) is 17.9 Å². The molecule has 1 aliphatic rings. The van der Waals surface area contributed by atoms with E-state index in [2.05, 4.69) is 20.4 Å². The number of nitrogens with zero attached hydrogens (tertiary/aromatic N) is 3. The zero-order valence-electron chi connectivity index (χ0n) is 20.7. The number of nitrogens with one attached hydrogen (secondary N) is 1. The van der Waals surface area contributed by atoms with Gasteiger partial charge in [0.15, 0.2) is 11.5 Å². The number of carbonyl (C=O) groups is 1. The molecule has 1 aromatic heterocycles. The van der Waals surface area contributed by atoms with Crippen molar-refractivity contribution in [2.75, 3.05) is 26.3 Å². The van der Waals surface area contributed by atoms with Gasteiger partial charge in [0.05, 0.1) is 25.8 Å². The Labute approximate surface area is 206 Å². The number of amides is 1. The van der Waals surface area contributed by atoms with E-state index < -0.39 is 0 Å². The number of likely N-dealkylation sites (tertiary alicyclic amines) is 1. The SMILES string of the molecule is CCOc1ccc(C(C)NC(=O)C2CCN(Cc3nc(-c4ccccc4)no3)CC2)cc1OCC. The number of rotatable bonds is 10. The molecule has 0 radical (unpaired) electrons. The van der Waals surface area contributed by atoms with Gasteiger partial charge < -0.3 is 19.3 Å². The lowest BCUT2D eigenvalue weighted by Gasteiger charge is -2.31. The molecule has 0 spiro atoms. The summed E-state index contributed by atoms with van der Waals surface area (Å²) in [6.45, 7) is 9.24. The minimum atomic E-state index is -0.120. The molecule has 1 saturated heterocycles. The third kappa shape index (κ3) is 6.39. The molecule has 1 atom stereocenters. The van der Waals surface area contributed by atoms with Gasteiger partial charge in [-0.25, -0.2) is 0 Å². The molecule has 1 unspecified atom stereocenters. The van der Waals surface area contributed by atoms with Gasteiger partial charge in [0.2, 0.25) is 17.6 Å². The van der Waals surface area contributed by atoms with E-state index in [0.717, 1.165) is 42.8 Å². The summed E-state index contributed by atoms with van der Waals surface area (Å²) in [6.07, 6.45) is 1.59. The van der Waals surface area contributed by atoms with Crippen LogP contribution in [0.3, 0.4) is 0 Å². The number of piperidine rings is 1. The lowest BCUT2D eigenvalue weighted by Crippen LogP contribution is -2.40. The smallest absolute Gasteiger partial charge is 0.241 e. The highest BCUT2D eigenvalue weighted by Crippen LogP contribution is 2.31. The van der Waals surface area contributed by atoms with Crippen molar-refractivity contribution in [1.29, 1.82) is 0 Å². The van der Waals surface area contributed by atoms with Gasteiger partial charge in [0, 0.05) is 11.5 Å². The van der Waals surface area contributed by atoms with E-state index in [9.17, 15) is 4.79 Å². The van der Waals surface area contributed by atoms with Crippen molar-refractivity contribution in [3.63, 3.8) is 0 Å². The summed E-state index contributed by atoms with van der Waals surface area (Å²) >= 11 is 0. The molecule has 35 heavy (non-hydrogen) atoms. The number of benzene rings is 2. The standard InChI is InChI=1S/C27H34N4O4/c1-4-33-23-12-11-22(17-24(23)34-5-2)19(3)28-27(32)21-13-15-31(16-14-21)18-25-29-26(30-35-25)20-9-7-6-8-10-20/h6-12,17,19,21H,4-5,13-16,18H2,1-3H3,(H,28,32). The molecule has 0 bridgehead atoms. The second-order valence-electron chi connectivity index (χ2n) is 8.73. The van der Waals surface area contributed by atoms with Crippen LogP contribution in [0.25, 0.3) is 11.4 Å². The highest BCUT2D eigenvalue weighted by atomic mass is 16.5. The summed E-state index contributed by atoms with van der Waals surface area (Å²) in [5, 5.41) is 7.27. The first-order chi connectivity index (χ1) is 17.1. The van der Waals surface area contributed by atoms with Crippen LogP contribution in [0.5, 0.6) is 11.5 Å². The third-order valence-electron chi connectivity index (χ3n) is 6.24. The van der Waals surface area contributed by atoms with Crippen LogP contribution >= 0.6 is 0 Å². The Bertz CT molecular complexity index is 1090. The Morgan fingerprint density at radius 1 is 1.09 bits per heavy atom. The minimum absolute atomic E-state index is 0.00896. The molecule has 3 aromatic rings. The Balaban J connectivity index is 1.28. The quantitative estimate of drug-likeness (QED) is 0.455. The number of hydrogen-bond donors (Lipinski definition) is 1. The van der Waals surface area contributed by atoms with Crippen molar-refractivity contribution in [2.45, 2.75) is 46.2 Å². The normalized spacial score (nSPS) is 15.5. The molecule has 2 aromatic carbocycles. The summed E-state index contributed by atoms with van der Waals surface area (Å²) in [7, 11) is 0. The van der Waals surface area contributed by atoms with Crippen LogP contribution in [-0.4, -0.2) is 47.3 Å². The van der Waals surface area contributed by atoms with Gasteiger partial charge >= 0.3 is 0 Å². The number of hydrogen-bond acceptors (Lipinski definition) is 7. The van der Waals surface area contributed by atoms with E-state index in [1.807, 2.05) is 69.3 Å². The van der Waals surface area contributed by atoms with Crippen LogP contribution in [0.4, 0.5) is 0 Å². The van der Waals surface area contributed by atoms with Gasteiger partial charge in [-0.05, 0) is 64.4 Å². The average Bonchev–Trinajstić information content (AvgIpc) is 3.35. The average molecular weight is 479 g/mol. The molecular formula is C27H34N4O4. The molecule has 1 N–H and O–H groups in total. The van der Waals surface area contributed by atoms with Crippen molar-refractivity contribution >= 4 is 5.91 Å². The van der Waals surface area contributed by atoms with Gasteiger partial charge in [-0.15, -0.1) is 0 Å². The Morgan fingerprint density at radius 2 is 1.80 bits per heavy atom. The van der Waals surface area contributed by atoms with E-state index in [4.69, 9.17) is 14.0 Å². The molecule has 1 aliphatic heterocycles.